The molecule has 1 aliphatic rings. The smallest absolute Gasteiger partial charge is 0.262 e. The van der Waals surface area contributed by atoms with Crippen molar-refractivity contribution in [3.8, 4) is 5.75 Å². The van der Waals surface area contributed by atoms with E-state index in [9.17, 15) is 13.2 Å². The SMILES string of the molecule is CC1CCN(S(=O)(=O)c2ccc(OCC(=O)Nc3ccc(I)cc3)cc2)CC1. The van der Waals surface area contributed by atoms with E-state index in [1.54, 1.807) is 12.1 Å². The Bertz CT molecular complexity index is 906. The highest BCUT2D eigenvalue weighted by Gasteiger charge is 2.27. The summed E-state index contributed by atoms with van der Waals surface area (Å²) in [6, 6.07) is 13.7. The lowest BCUT2D eigenvalue weighted by atomic mass is 10.0. The Morgan fingerprint density at radius 2 is 1.71 bits per heavy atom. The molecule has 0 unspecified atom stereocenters. The van der Waals surface area contributed by atoms with E-state index in [2.05, 4.69) is 34.8 Å². The molecule has 6 nitrogen and oxygen atoms in total. The van der Waals surface area contributed by atoms with Crippen LogP contribution < -0.4 is 10.1 Å². The summed E-state index contributed by atoms with van der Waals surface area (Å²) >= 11 is 2.19. The third-order valence-electron chi connectivity index (χ3n) is 4.70. The van der Waals surface area contributed by atoms with E-state index >= 15 is 0 Å². The van der Waals surface area contributed by atoms with Gasteiger partial charge in [0.25, 0.3) is 5.91 Å². The maximum absolute atomic E-state index is 12.7. The molecule has 0 aliphatic carbocycles. The number of halogens is 1. The zero-order chi connectivity index (χ0) is 20.1. The number of sulfonamides is 1. The van der Waals surface area contributed by atoms with Crippen LogP contribution in [0.25, 0.3) is 0 Å². The Morgan fingerprint density at radius 1 is 1.11 bits per heavy atom. The lowest BCUT2D eigenvalue weighted by molar-refractivity contribution is -0.118. The molecule has 2 aromatic carbocycles. The van der Waals surface area contributed by atoms with Gasteiger partial charge in [-0.25, -0.2) is 8.42 Å². The fraction of sp³-hybridized carbons (Fsp3) is 0.350. The van der Waals surface area contributed by atoms with E-state index in [1.807, 2.05) is 24.3 Å². The van der Waals surface area contributed by atoms with Crippen molar-refractivity contribution in [1.29, 1.82) is 0 Å². The van der Waals surface area contributed by atoms with E-state index in [0.717, 1.165) is 16.4 Å². The molecular weight excluding hydrogens is 491 g/mol. The van der Waals surface area contributed by atoms with Crippen LogP contribution in [-0.2, 0) is 14.8 Å². The first kappa shape index (κ1) is 21.1. The number of nitrogens with one attached hydrogen (secondary N) is 1. The molecule has 3 rings (SSSR count). The van der Waals surface area contributed by atoms with E-state index in [1.165, 1.54) is 16.4 Å². The van der Waals surface area contributed by atoms with Gasteiger partial charge in [-0.15, -0.1) is 0 Å². The maximum Gasteiger partial charge on any atom is 0.262 e. The molecule has 0 aromatic heterocycles. The molecule has 1 heterocycles. The van der Waals surface area contributed by atoms with E-state index in [4.69, 9.17) is 4.74 Å². The highest BCUT2D eigenvalue weighted by molar-refractivity contribution is 14.1. The van der Waals surface area contributed by atoms with Gasteiger partial charge in [0.15, 0.2) is 6.61 Å². The van der Waals surface area contributed by atoms with Gasteiger partial charge in [-0.05, 0) is 89.9 Å². The van der Waals surface area contributed by atoms with E-state index < -0.39 is 10.0 Å². The zero-order valence-corrected chi connectivity index (χ0v) is 18.6. The number of hydrogen-bond donors (Lipinski definition) is 1. The van der Waals surface area contributed by atoms with Crippen molar-refractivity contribution >= 4 is 44.2 Å². The van der Waals surface area contributed by atoms with Crippen LogP contribution in [0.2, 0.25) is 0 Å². The minimum atomic E-state index is -3.48. The summed E-state index contributed by atoms with van der Waals surface area (Å²) in [4.78, 5) is 12.2. The predicted octanol–water partition coefficient (Wildman–Crippen LogP) is 3.73. The lowest BCUT2D eigenvalue weighted by Crippen LogP contribution is -2.37. The van der Waals surface area contributed by atoms with Crippen LogP contribution in [-0.4, -0.2) is 38.3 Å². The minimum Gasteiger partial charge on any atom is -0.484 e. The summed E-state index contributed by atoms with van der Waals surface area (Å²) in [6.45, 7) is 3.10. The second kappa shape index (κ2) is 9.23. The van der Waals surface area contributed by atoms with Gasteiger partial charge in [-0.3, -0.25) is 4.79 Å². The van der Waals surface area contributed by atoms with Crippen molar-refractivity contribution in [3.63, 3.8) is 0 Å². The third kappa shape index (κ3) is 5.45. The number of benzene rings is 2. The molecule has 0 atom stereocenters. The number of carbonyl (C=O) groups is 1. The Labute approximate surface area is 179 Å². The van der Waals surface area contributed by atoms with Crippen molar-refractivity contribution < 1.29 is 17.9 Å². The second-order valence-electron chi connectivity index (χ2n) is 6.90. The highest BCUT2D eigenvalue weighted by atomic mass is 127. The molecule has 1 aliphatic heterocycles. The third-order valence-corrected chi connectivity index (χ3v) is 7.33. The van der Waals surface area contributed by atoms with E-state index in [-0.39, 0.29) is 17.4 Å². The quantitative estimate of drug-likeness (QED) is 0.597. The molecule has 1 amide bonds. The lowest BCUT2D eigenvalue weighted by Gasteiger charge is -2.29. The molecular formula is C20H23IN2O4S. The van der Waals surface area contributed by atoms with Crippen LogP contribution >= 0.6 is 22.6 Å². The summed E-state index contributed by atoms with van der Waals surface area (Å²) in [5.41, 5.74) is 0.700. The minimum absolute atomic E-state index is 0.151. The fourth-order valence-corrected chi connectivity index (χ4v) is 4.79. The van der Waals surface area contributed by atoms with Crippen LogP contribution in [0.4, 0.5) is 5.69 Å². The van der Waals surface area contributed by atoms with Gasteiger partial charge < -0.3 is 10.1 Å². The summed E-state index contributed by atoms with van der Waals surface area (Å²) < 4.78 is 33.5. The van der Waals surface area contributed by atoms with Crippen LogP contribution in [0.15, 0.2) is 53.4 Å². The Hall–Kier alpha value is -1.65. The number of rotatable bonds is 6. The topological polar surface area (TPSA) is 75.7 Å². The second-order valence-corrected chi connectivity index (χ2v) is 10.1. The van der Waals surface area contributed by atoms with Gasteiger partial charge >= 0.3 is 0 Å². The van der Waals surface area contributed by atoms with Gasteiger partial charge in [0.05, 0.1) is 4.90 Å². The summed E-state index contributed by atoms with van der Waals surface area (Å²) in [5, 5.41) is 2.75. The maximum atomic E-state index is 12.7. The number of piperidine rings is 1. The number of carbonyl (C=O) groups excluding carboxylic acids is 1. The Morgan fingerprint density at radius 3 is 2.32 bits per heavy atom. The Balaban J connectivity index is 1.55. The first-order valence-corrected chi connectivity index (χ1v) is 11.6. The summed E-state index contributed by atoms with van der Waals surface area (Å²) in [5.74, 6) is 0.734. The molecule has 0 bridgehead atoms. The van der Waals surface area contributed by atoms with E-state index in [0.29, 0.717) is 30.4 Å². The number of nitrogens with zero attached hydrogens (tertiary/aromatic N) is 1. The normalized spacial score (nSPS) is 15.9. The van der Waals surface area contributed by atoms with Crippen molar-refractivity contribution in [2.24, 2.45) is 5.92 Å². The van der Waals surface area contributed by atoms with Gasteiger partial charge in [0.2, 0.25) is 10.0 Å². The van der Waals surface area contributed by atoms with Crippen molar-refractivity contribution in [2.45, 2.75) is 24.7 Å². The molecule has 0 saturated carbocycles. The molecule has 0 spiro atoms. The van der Waals surface area contributed by atoms with Crippen LogP contribution in [0, 0.1) is 9.49 Å². The number of hydrogen-bond acceptors (Lipinski definition) is 4. The average Bonchev–Trinajstić information content (AvgIpc) is 2.69. The van der Waals surface area contributed by atoms with Crippen molar-refractivity contribution in [3.05, 3.63) is 52.1 Å². The van der Waals surface area contributed by atoms with Crippen LogP contribution in [0.5, 0.6) is 5.75 Å². The molecule has 0 radical (unpaired) electrons. The first-order chi connectivity index (χ1) is 13.3. The van der Waals surface area contributed by atoms with Gasteiger partial charge in [-0.1, -0.05) is 6.92 Å². The molecule has 1 fully saturated rings. The molecule has 28 heavy (non-hydrogen) atoms. The highest BCUT2D eigenvalue weighted by Crippen LogP contribution is 2.24. The van der Waals surface area contributed by atoms with Crippen molar-refractivity contribution in [1.82, 2.24) is 4.31 Å². The number of ether oxygens (including phenoxy) is 1. The number of amides is 1. The molecule has 8 heteroatoms. The number of anilines is 1. The average molecular weight is 514 g/mol. The van der Waals surface area contributed by atoms with Crippen LogP contribution in [0.3, 0.4) is 0 Å². The van der Waals surface area contributed by atoms with Crippen molar-refractivity contribution in [2.75, 3.05) is 25.0 Å². The monoisotopic (exact) mass is 514 g/mol. The Kier molecular flexibility index (Phi) is 6.95. The summed E-state index contributed by atoms with van der Waals surface area (Å²) in [6.07, 6.45) is 1.77. The van der Waals surface area contributed by atoms with Crippen LogP contribution in [0.1, 0.15) is 19.8 Å². The summed E-state index contributed by atoms with van der Waals surface area (Å²) in [7, 11) is -3.48. The molecule has 150 valence electrons. The standard InChI is InChI=1S/C20H23IN2O4S/c1-15-10-12-23(13-11-15)28(25,26)19-8-6-18(7-9-19)27-14-20(24)22-17-4-2-16(21)3-5-17/h2-9,15H,10-14H2,1H3,(H,22,24). The predicted molar refractivity (Wildman–Crippen MR) is 117 cm³/mol. The van der Waals surface area contributed by atoms with Gasteiger partial charge in [0.1, 0.15) is 5.75 Å². The first-order valence-electron chi connectivity index (χ1n) is 9.13. The largest absolute Gasteiger partial charge is 0.484 e. The molecule has 1 saturated heterocycles. The molecule has 1 N–H and O–H groups in total. The fourth-order valence-electron chi connectivity index (χ4n) is 2.96. The van der Waals surface area contributed by atoms with Gasteiger partial charge in [-0.2, -0.15) is 4.31 Å². The zero-order valence-electron chi connectivity index (χ0n) is 15.6. The molecule has 2 aromatic rings. The van der Waals surface area contributed by atoms with Gasteiger partial charge in [0, 0.05) is 22.3 Å².